The Bertz CT molecular complexity index is 1050. The number of carbonyl (C=O) groups is 2. The number of carbonyl (C=O) groups excluding carboxylic acids is 2. The number of nitrogens with zero attached hydrogens (tertiary/aromatic N) is 2. The molecule has 5 heteroatoms. The molecule has 1 heterocycles. The summed E-state index contributed by atoms with van der Waals surface area (Å²) in [5.74, 6) is 1.08. The lowest BCUT2D eigenvalue weighted by atomic mass is 9.64. The first-order valence-electron chi connectivity index (χ1n) is 11.5. The number of amides is 1. The van der Waals surface area contributed by atoms with Crippen molar-refractivity contribution in [2.75, 3.05) is 0 Å². The van der Waals surface area contributed by atoms with E-state index >= 15 is 0 Å². The van der Waals surface area contributed by atoms with Crippen LogP contribution in [0.1, 0.15) is 56.1 Å². The summed E-state index contributed by atoms with van der Waals surface area (Å²) >= 11 is 0. The van der Waals surface area contributed by atoms with Gasteiger partial charge in [-0.05, 0) is 43.2 Å². The molecule has 0 radical (unpaired) electrons. The van der Waals surface area contributed by atoms with E-state index in [1.165, 1.54) is 0 Å². The van der Waals surface area contributed by atoms with E-state index < -0.39 is 5.41 Å². The first-order valence-corrected chi connectivity index (χ1v) is 11.5. The number of nitrogens with two attached hydrogens (primary N) is 1. The van der Waals surface area contributed by atoms with Crippen molar-refractivity contribution in [1.29, 1.82) is 0 Å². The number of ketones is 1. The SMILES string of the molecule is CCc1n([C@@H]2CC[C@H](C(C(N)=O)(c3ccccc3)c3ccccc3)C2)cc[n+]1CC(C)=O. The van der Waals surface area contributed by atoms with E-state index in [2.05, 4.69) is 17.7 Å². The molecule has 1 amide bonds. The van der Waals surface area contributed by atoms with Gasteiger partial charge in [0.1, 0.15) is 30.4 Å². The molecule has 4 rings (SSSR count). The summed E-state index contributed by atoms with van der Waals surface area (Å²) in [4.78, 5) is 25.0. The zero-order valence-corrected chi connectivity index (χ0v) is 18.9. The molecule has 32 heavy (non-hydrogen) atoms. The van der Waals surface area contributed by atoms with Crippen LogP contribution in [0.15, 0.2) is 73.1 Å². The van der Waals surface area contributed by atoms with Gasteiger partial charge in [-0.25, -0.2) is 9.13 Å². The summed E-state index contributed by atoms with van der Waals surface area (Å²) in [7, 11) is 0. The Morgan fingerprint density at radius 2 is 1.62 bits per heavy atom. The third-order valence-electron chi connectivity index (χ3n) is 7.00. The van der Waals surface area contributed by atoms with Gasteiger partial charge < -0.3 is 5.73 Å². The van der Waals surface area contributed by atoms with Crippen molar-refractivity contribution in [1.82, 2.24) is 4.57 Å². The minimum Gasteiger partial charge on any atom is -0.369 e. The van der Waals surface area contributed by atoms with Crippen LogP contribution in [0.4, 0.5) is 0 Å². The van der Waals surface area contributed by atoms with Crippen molar-refractivity contribution in [3.63, 3.8) is 0 Å². The van der Waals surface area contributed by atoms with Crippen molar-refractivity contribution in [2.24, 2.45) is 11.7 Å². The van der Waals surface area contributed by atoms with E-state index in [4.69, 9.17) is 5.73 Å². The minimum atomic E-state index is -0.869. The summed E-state index contributed by atoms with van der Waals surface area (Å²) in [5.41, 5.74) is 7.27. The molecule has 1 aliphatic rings. The number of benzene rings is 2. The fourth-order valence-corrected chi connectivity index (χ4v) is 5.70. The van der Waals surface area contributed by atoms with Gasteiger partial charge in [0, 0.05) is 6.42 Å². The van der Waals surface area contributed by atoms with Gasteiger partial charge in [0.2, 0.25) is 5.91 Å². The lowest BCUT2D eigenvalue weighted by Crippen LogP contribution is -2.47. The topological polar surface area (TPSA) is 69.0 Å². The molecule has 0 saturated heterocycles. The number of aromatic nitrogens is 2. The van der Waals surface area contributed by atoms with Crippen molar-refractivity contribution in [2.45, 2.75) is 57.5 Å². The average Bonchev–Trinajstić information content (AvgIpc) is 3.42. The Hall–Kier alpha value is -3.21. The summed E-state index contributed by atoms with van der Waals surface area (Å²) < 4.78 is 4.36. The van der Waals surface area contributed by atoms with Crippen LogP contribution < -0.4 is 10.3 Å². The molecule has 0 spiro atoms. The highest BCUT2D eigenvalue weighted by atomic mass is 16.1. The maximum atomic E-state index is 13.3. The number of hydrogen-bond acceptors (Lipinski definition) is 2. The molecule has 166 valence electrons. The molecule has 1 aromatic heterocycles. The van der Waals surface area contributed by atoms with Gasteiger partial charge in [-0.1, -0.05) is 67.6 Å². The average molecular weight is 431 g/mol. The Morgan fingerprint density at radius 1 is 1.03 bits per heavy atom. The summed E-state index contributed by atoms with van der Waals surface area (Å²) in [6, 6.07) is 20.2. The van der Waals surface area contributed by atoms with Gasteiger partial charge in [0.05, 0.1) is 0 Å². The molecular weight excluding hydrogens is 398 g/mol. The van der Waals surface area contributed by atoms with Gasteiger partial charge in [-0.2, -0.15) is 0 Å². The first-order chi connectivity index (χ1) is 15.5. The third kappa shape index (κ3) is 3.77. The number of imidazole rings is 1. The van der Waals surface area contributed by atoms with E-state index in [0.29, 0.717) is 6.54 Å². The predicted molar refractivity (Wildman–Crippen MR) is 124 cm³/mol. The van der Waals surface area contributed by atoms with E-state index in [9.17, 15) is 9.59 Å². The zero-order chi connectivity index (χ0) is 22.7. The van der Waals surface area contributed by atoms with Gasteiger partial charge in [0.25, 0.3) is 5.82 Å². The van der Waals surface area contributed by atoms with Crippen LogP contribution in [0, 0.1) is 5.92 Å². The van der Waals surface area contributed by atoms with E-state index in [0.717, 1.165) is 42.6 Å². The summed E-state index contributed by atoms with van der Waals surface area (Å²) in [6.45, 7) is 4.14. The highest BCUT2D eigenvalue weighted by Gasteiger charge is 2.51. The number of primary amides is 1. The van der Waals surface area contributed by atoms with Crippen LogP contribution in [0.25, 0.3) is 0 Å². The highest BCUT2D eigenvalue weighted by molar-refractivity contribution is 5.91. The lowest BCUT2D eigenvalue weighted by molar-refractivity contribution is -0.691. The van der Waals surface area contributed by atoms with Gasteiger partial charge in [-0.15, -0.1) is 0 Å². The quantitative estimate of drug-likeness (QED) is 0.553. The molecule has 5 nitrogen and oxygen atoms in total. The highest BCUT2D eigenvalue weighted by Crippen LogP contribution is 2.49. The van der Waals surface area contributed by atoms with E-state index in [1.807, 2.05) is 71.4 Å². The molecule has 2 N–H and O–H groups in total. The van der Waals surface area contributed by atoms with Crippen LogP contribution in [-0.4, -0.2) is 16.3 Å². The standard InChI is InChI=1S/C27H31N3O2/c1-3-25-29(19-20(2)31)16-17-30(25)24-15-14-23(18-24)27(26(28)32,21-10-6-4-7-11-21)22-12-8-5-9-13-22/h4-13,16-17,23-24H,3,14-15,18-19H2,1-2H3,(H-,28,32)/p+1/t23-,24+/m0/s1. The van der Waals surface area contributed by atoms with Crippen LogP contribution >= 0.6 is 0 Å². The minimum absolute atomic E-state index is 0.0863. The van der Waals surface area contributed by atoms with Crippen molar-refractivity contribution in [3.05, 3.63) is 90.0 Å². The smallest absolute Gasteiger partial charge is 0.256 e. The Morgan fingerprint density at radius 3 is 2.12 bits per heavy atom. The molecule has 2 atom stereocenters. The molecule has 0 unspecified atom stereocenters. The monoisotopic (exact) mass is 430 g/mol. The third-order valence-corrected chi connectivity index (χ3v) is 7.00. The van der Waals surface area contributed by atoms with Crippen LogP contribution in [0.3, 0.4) is 0 Å². The number of hydrogen-bond donors (Lipinski definition) is 1. The molecule has 2 aromatic carbocycles. The predicted octanol–water partition coefficient (Wildman–Crippen LogP) is 3.74. The zero-order valence-electron chi connectivity index (χ0n) is 18.9. The molecule has 1 fully saturated rings. The van der Waals surface area contributed by atoms with Gasteiger partial charge >= 0.3 is 0 Å². The fraction of sp³-hybridized carbons (Fsp3) is 0.370. The molecule has 0 aliphatic heterocycles. The Kier molecular flexibility index (Phi) is 6.26. The van der Waals surface area contributed by atoms with Crippen LogP contribution in [-0.2, 0) is 28.0 Å². The molecule has 1 saturated carbocycles. The largest absolute Gasteiger partial charge is 0.369 e. The van der Waals surface area contributed by atoms with E-state index in [1.54, 1.807) is 6.92 Å². The van der Waals surface area contributed by atoms with E-state index in [-0.39, 0.29) is 23.7 Å². The molecule has 1 aliphatic carbocycles. The van der Waals surface area contributed by atoms with Crippen molar-refractivity contribution in [3.8, 4) is 0 Å². The Labute approximate surface area is 189 Å². The maximum absolute atomic E-state index is 13.3. The number of Topliss-reactive ketones (excluding diaryl/α,β-unsaturated/α-hetero) is 1. The fourth-order valence-electron chi connectivity index (χ4n) is 5.70. The number of rotatable bonds is 8. The Balaban J connectivity index is 1.75. The van der Waals surface area contributed by atoms with Gasteiger partial charge in [-0.3, -0.25) is 9.59 Å². The lowest BCUT2D eigenvalue weighted by Gasteiger charge is -2.37. The van der Waals surface area contributed by atoms with Gasteiger partial charge in [0.15, 0.2) is 5.78 Å². The summed E-state index contributed by atoms with van der Waals surface area (Å²) in [5, 5.41) is 0. The summed E-state index contributed by atoms with van der Waals surface area (Å²) in [6.07, 6.45) is 7.68. The second-order valence-corrected chi connectivity index (χ2v) is 8.87. The second-order valence-electron chi connectivity index (χ2n) is 8.87. The normalized spacial score (nSPS) is 18.6. The van der Waals surface area contributed by atoms with Crippen molar-refractivity contribution < 1.29 is 14.2 Å². The maximum Gasteiger partial charge on any atom is 0.256 e. The molecular formula is C27H32N3O2+. The molecule has 0 bridgehead atoms. The molecule has 3 aromatic rings. The second kappa shape index (κ2) is 9.11. The van der Waals surface area contributed by atoms with Crippen LogP contribution in [0.2, 0.25) is 0 Å². The van der Waals surface area contributed by atoms with Crippen molar-refractivity contribution >= 4 is 11.7 Å². The first kappa shape index (κ1) is 22.0. The van der Waals surface area contributed by atoms with Crippen LogP contribution in [0.5, 0.6) is 0 Å².